The van der Waals surface area contributed by atoms with Crippen molar-refractivity contribution >= 4 is 5.97 Å². The Kier molecular flexibility index (Phi) is 5.45. The van der Waals surface area contributed by atoms with Crippen molar-refractivity contribution in [2.75, 3.05) is 0 Å². The molecule has 2 heteroatoms. The van der Waals surface area contributed by atoms with Crippen LogP contribution in [0, 0.1) is 17.8 Å². The van der Waals surface area contributed by atoms with Crippen LogP contribution in [0.15, 0.2) is 23.8 Å². The zero-order valence-corrected chi connectivity index (χ0v) is 13.1. The van der Waals surface area contributed by atoms with Gasteiger partial charge in [0, 0.05) is 6.92 Å². The van der Waals surface area contributed by atoms with Crippen LogP contribution in [0.3, 0.4) is 0 Å². The Morgan fingerprint density at radius 2 is 2.20 bits per heavy atom. The summed E-state index contributed by atoms with van der Waals surface area (Å²) < 4.78 is 5.17. The number of esters is 1. The van der Waals surface area contributed by atoms with Crippen LogP contribution in [0.25, 0.3) is 0 Å². The van der Waals surface area contributed by atoms with Crippen molar-refractivity contribution in [1.82, 2.24) is 0 Å². The van der Waals surface area contributed by atoms with E-state index >= 15 is 0 Å². The van der Waals surface area contributed by atoms with Crippen LogP contribution in [0.5, 0.6) is 0 Å². The largest absolute Gasteiger partial charge is 0.463 e. The van der Waals surface area contributed by atoms with Crippen LogP contribution in [0.1, 0.15) is 59.3 Å². The van der Waals surface area contributed by atoms with Crippen molar-refractivity contribution in [3.05, 3.63) is 23.8 Å². The Hall–Kier alpha value is -1.05. The van der Waals surface area contributed by atoms with Crippen LogP contribution >= 0.6 is 0 Å². The number of allylic oxidation sites excluding steroid dienone is 4. The van der Waals surface area contributed by atoms with E-state index in [2.05, 4.69) is 25.2 Å². The molecule has 0 amide bonds. The Bertz CT molecular complexity index is 394. The molecule has 1 saturated carbocycles. The van der Waals surface area contributed by atoms with Gasteiger partial charge in [-0.1, -0.05) is 37.1 Å². The Balaban J connectivity index is 1.78. The van der Waals surface area contributed by atoms with E-state index < -0.39 is 0 Å². The number of carbonyl (C=O) groups is 1. The standard InChI is InChI=1S/C18H28O2/c1-13(7-8-14(2)20-15(3)19)11-16-9-10-17-5-4-6-18(17)12-16/h9-11,13-14,17-18H,4-8,12H2,1-3H3/b16-11-/t13-,14?,17+,18?/m1/s1. The van der Waals surface area contributed by atoms with E-state index in [4.69, 9.17) is 4.74 Å². The van der Waals surface area contributed by atoms with E-state index in [1.165, 1.54) is 38.2 Å². The van der Waals surface area contributed by atoms with Gasteiger partial charge in [0.1, 0.15) is 0 Å². The third-order valence-electron chi connectivity index (χ3n) is 4.67. The molecule has 0 aromatic heterocycles. The molecular formula is C18H28O2. The molecule has 0 aliphatic heterocycles. The fourth-order valence-electron chi connectivity index (χ4n) is 3.60. The van der Waals surface area contributed by atoms with Gasteiger partial charge in [0.05, 0.1) is 6.10 Å². The number of rotatable bonds is 5. The summed E-state index contributed by atoms with van der Waals surface area (Å²) in [5.41, 5.74) is 1.51. The van der Waals surface area contributed by atoms with E-state index in [1.54, 1.807) is 0 Å². The van der Waals surface area contributed by atoms with Crippen molar-refractivity contribution in [2.24, 2.45) is 17.8 Å². The van der Waals surface area contributed by atoms with Crippen molar-refractivity contribution in [1.29, 1.82) is 0 Å². The predicted molar refractivity (Wildman–Crippen MR) is 82.3 cm³/mol. The van der Waals surface area contributed by atoms with Crippen molar-refractivity contribution in [2.45, 2.75) is 65.4 Å². The summed E-state index contributed by atoms with van der Waals surface area (Å²) in [7, 11) is 0. The fourth-order valence-corrected chi connectivity index (χ4v) is 3.60. The Morgan fingerprint density at radius 1 is 1.40 bits per heavy atom. The first-order chi connectivity index (χ1) is 9.54. The van der Waals surface area contributed by atoms with Crippen LogP contribution in [0.4, 0.5) is 0 Å². The molecule has 0 heterocycles. The normalized spacial score (nSPS) is 30.1. The Morgan fingerprint density at radius 3 is 2.95 bits per heavy atom. The lowest BCUT2D eigenvalue weighted by Crippen LogP contribution is -2.13. The van der Waals surface area contributed by atoms with E-state index in [0.717, 1.165) is 24.7 Å². The van der Waals surface area contributed by atoms with Gasteiger partial charge < -0.3 is 4.74 Å². The molecule has 0 aromatic carbocycles. The van der Waals surface area contributed by atoms with E-state index in [1.807, 2.05) is 6.92 Å². The molecule has 1 fully saturated rings. The van der Waals surface area contributed by atoms with Crippen molar-refractivity contribution < 1.29 is 9.53 Å². The molecule has 0 aromatic rings. The Labute approximate surface area is 123 Å². The summed E-state index contributed by atoms with van der Waals surface area (Å²) in [6.45, 7) is 5.72. The molecule has 2 nitrogen and oxygen atoms in total. The number of hydrogen-bond acceptors (Lipinski definition) is 2. The maximum absolute atomic E-state index is 10.9. The smallest absolute Gasteiger partial charge is 0.302 e. The summed E-state index contributed by atoms with van der Waals surface area (Å²) in [6, 6.07) is 0. The topological polar surface area (TPSA) is 26.3 Å². The van der Waals surface area contributed by atoms with Gasteiger partial charge in [-0.2, -0.15) is 0 Å². The number of hydrogen-bond donors (Lipinski definition) is 0. The zero-order valence-electron chi connectivity index (χ0n) is 13.1. The third-order valence-corrected chi connectivity index (χ3v) is 4.67. The molecule has 112 valence electrons. The van der Waals surface area contributed by atoms with E-state index in [0.29, 0.717) is 5.92 Å². The molecule has 20 heavy (non-hydrogen) atoms. The summed E-state index contributed by atoms with van der Waals surface area (Å²) >= 11 is 0. The lowest BCUT2D eigenvalue weighted by molar-refractivity contribution is -0.145. The first-order valence-electron chi connectivity index (χ1n) is 8.10. The lowest BCUT2D eigenvalue weighted by atomic mass is 9.83. The van der Waals surface area contributed by atoms with Gasteiger partial charge >= 0.3 is 5.97 Å². The molecule has 2 aliphatic carbocycles. The number of carbonyl (C=O) groups excluding carboxylic acids is 1. The molecule has 0 saturated heterocycles. The van der Waals surface area contributed by atoms with Crippen LogP contribution in [-0.2, 0) is 9.53 Å². The predicted octanol–water partition coefficient (Wildman–Crippen LogP) is 4.66. The van der Waals surface area contributed by atoms with Gasteiger partial charge in [-0.05, 0) is 56.8 Å². The van der Waals surface area contributed by atoms with E-state index in [-0.39, 0.29) is 12.1 Å². The second-order valence-electron chi connectivity index (χ2n) is 6.63. The first kappa shape index (κ1) is 15.3. The van der Waals surface area contributed by atoms with Gasteiger partial charge in [0.15, 0.2) is 0 Å². The van der Waals surface area contributed by atoms with Crippen LogP contribution in [0.2, 0.25) is 0 Å². The van der Waals surface area contributed by atoms with Gasteiger partial charge in [0.25, 0.3) is 0 Å². The first-order valence-corrected chi connectivity index (χ1v) is 8.10. The second-order valence-corrected chi connectivity index (χ2v) is 6.63. The summed E-state index contributed by atoms with van der Waals surface area (Å²) in [5, 5.41) is 0. The maximum atomic E-state index is 10.9. The molecule has 0 spiro atoms. The molecular weight excluding hydrogens is 248 g/mol. The van der Waals surface area contributed by atoms with Crippen molar-refractivity contribution in [3.8, 4) is 0 Å². The zero-order chi connectivity index (χ0) is 14.5. The molecule has 2 unspecified atom stereocenters. The summed E-state index contributed by atoms with van der Waals surface area (Å²) in [4.78, 5) is 10.9. The minimum atomic E-state index is -0.175. The van der Waals surface area contributed by atoms with Crippen LogP contribution < -0.4 is 0 Å². The second kappa shape index (κ2) is 7.10. The quantitative estimate of drug-likeness (QED) is 0.683. The average molecular weight is 276 g/mol. The van der Waals surface area contributed by atoms with Crippen LogP contribution in [-0.4, -0.2) is 12.1 Å². The van der Waals surface area contributed by atoms with Gasteiger partial charge in [-0.15, -0.1) is 0 Å². The molecule has 2 aliphatic rings. The monoisotopic (exact) mass is 276 g/mol. The molecule has 0 radical (unpaired) electrons. The van der Waals surface area contributed by atoms with Gasteiger partial charge in [-0.25, -0.2) is 0 Å². The van der Waals surface area contributed by atoms with Crippen molar-refractivity contribution in [3.63, 3.8) is 0 Å². The third kappa shape index (κ3) is 4.50. The average Bonchev–Trinajstić information content (AvgIpc) is 2.83. The molecule has 2 rings (SSSR count). The minimum Gasteiger partial charge on any atom is -0.463 e. The number of fused-ring (bicyclic) bond motifs is 1. The molecule has 0 bridgehead atoms. The highest BCUT2D eigenvalue weighted by Crippen LogP contribution is 2.40. The highest BCUT2D eigenvalue weighted by atomic mass is 16.5. The summed E-state index contributed by atoms with van der Waals surface area (Å²) in [6.07, 6.45) is 14.7. The SMILES string of the molecule is CC(=O)OC(C)CC[C@@H](C)/C=C1/C=C[C@@H]2CCCC2C1. The molecule has 0 N–H and O–H groups in total. The van der Waals surface area contributed by atoms with E-state index in [9.17, 15) is 4.79 Å². The maximum Gasteiger partial charge on any atom is 0.302 e. The lowest BCUT2D eigenvalue weighted by Gasteiger charge is -2.23. The van der Waals surface area contributed by atoms with Gasteiger partial charge in [-0.3, -0.25) is 4.79 Å². The van der Waals surface area contributed by atoms with Gasteiger partial charge in [0.2, 0.25) is 0 Å². The minimum absolute atomic E-state index is 0.0365. The highest BCUT2D eigenvalue weighted by Gasteiger charge is 2.28. The molecule has 4 atom stereocenters. The summed E-state index contributed by atoms with van der Waals surface area (Å²) in [5.74, 6) is 2.14. The highest BCUT2D eigenvalue weighted by molar-refractivity contribution is 5.66. The fraction of sp³-hybridized carbons (Fsp3) is 0.722. The number of ether oxygens (including phenoxy) is 1.